The lowest BCUT2D eigenvalue weighted by atomic mass is 10.0. The van der Waals surface area contributed by atoms with Crippen molar-refractivity contribution in [1.29, 1.82) is 0 Å². The van der Waals surface area contributed by atoms with Gasteiger partial charge in [0.15, 0.2) is 32.8 Å². The zero-order chi connectivity index (χ0) is 26.3. The smallest absolute Gasteiger partial charge is 0.203 e. The van der Waals surface area contributed by atoms with Crippen LogP contribution in [0.5, 0.6) is 28.7 Å². The fraction of sp³-hybridized carbons (Fsp3) is 0.556. The van der Waals surface area contributed by atoms with E-state index in [0.29, 0.717) is 36.2 Å². The number of ether oxygens (including phenoxy) is 6. The Balaban J connectivity index is 2.00. The first-order valence-electron chi connectivity index (χ1n) is 12.4. The van der Waals surface area contributed by atoms with Gasteiger partial charge in [-0.25, -0.2) is 8.42 Å². The highest BCUT2D eigenvalue weighted by atomic mass is 32.2. The minimum Gasteiger partial charge on any atom is -0.493 e. The lowest BCUT2D eigenvalue weighted by molar-refractivity contribution is 0.0435. The van der Waals surface area contributed by atoms with Gasteiger partial charge in [-0.2, -0.15) is 0 Å². The molecule has 0 bridgehead atoms. The summed E-state index contributed by atoms with van der Waals surface area (Å²) in [4.78, 5) is 0.155. The summed E-state index contributed by atoms with van der Waals surface area (Å²) < 4.78 is 60.8. The zero-order valence-electron chi connectivity index (χ0n) is 22.1. The van der Waals surface area contributed by atoms with Gasteiger partial charge in [-0.15, -0.1) is 0 Å². The molecule has 2 atom stereocenters. The first-order chi connectivity index (χ1) is 17.3. The molecule has 2 unspecified atom stereocenters. The van der Waals surface area contributed by atoms with Crippen LogP contribution in [0.25, 0.3) is 0 Å². The zero-order valence-corrected chi connectivity index (χ0v) is 22.9. The van der Waals surface area contributed by atoms with Crippen LogP contribution >= 0.6 is 0 Å². The molecule has 0 amide bonds. The Kier molecular flexibility index (Phi) is 9.73. The fourth-order valence-electron chi connectivity index (χ4n) is 4.25. The van der Waals surface area contributed by atoms with Gasteiger partial charge in [-0.3, -0.25) is 0 Å². The average Bonchev–Trinajstić information content (AvgIpc) is 3.40. The van der Waals surface area contributed by atoms with E-state index < -0.39 is 9.84 Å². The molecule has 0 N–H and O–H groups in total. The van der Waals surface area contributed by atoms with Gasteiger partial charge < -0.3 is 28.4 Å². The average molecular weight is 523 g/mol. The second-order valence-corrected chi connectivity index (χ2v) is 10.8. The summed E-state index contributed by atoms with van der Waals surface area (Å²) in [6, 6.07) is 7.32. The molecule has 36 heavy (non-hydrogen) atoms. The van der Waals surface area contributed by atoms with Crippen molar-refractivity contribution < 1.29 is 36.8 Å². The number of hydrogen-bond acceptors (Lipinski definition) is 8. The number of rotatable bonds is 13. The molecule has 1 aliphatic heterocycles. The summed E-state index contributed by atoms with van der Waals surface area (Å²) in [7, 11) is 1.16. The van der Waals surface area contributed by atoms with Crippen molar-refractivity contribution in [2.45, 2.75) is 63.6 Å². The van der Waals surface area contributed by atoms with Gasteiger partial charge in [0.25, 0.3) is 0 Å². The fourth-order valence-corrected chi connectivity index (χ4v) is 5.32. The summed E-state index contributed by atoms with van der Waals surface area (Å²) >= 11 is 0. The Labute approximate surface area is 214 Å². The second kappa shape index (κ2) is 12.5. The Bertz CT molecular complexity index is 1100. The summed E-state index contributed by atoms with van der Waals surface area (Å²) in [5, 5.41) is 0. The van der Waals surface area contributed by atoms with Gasteiger partial charge in [0.1, 0.15) is 4.90 Å². The number of methoxy groups -OCH3 is 3. The van der Waals surface area contributed by atoms with Gasteiger partial charge >= 0.3 is 0 Å². The van der Waals surface area contributed by atoms with Crippen molar-refractivity contribution in [1.82, 2.24) is 0 Å². The van der Waals surface area contributed by atoms with Crippen molar-refractivity contribution in [3.8, 4) is 28.7 Å². The van der Waals surface area contributed by atoms with Gasteiger partial charge in [-0.05, 0) is 61.1 Å². The first kappa shape index (κ1) is 27.9. The SMILES string of the molecule is CCCOc1cc(C2CCC(c3cc(OC)c(OC)c(OC)c3)O2)cc(S(=O)(=O)CC)c1OCCC. The molecule has 2 aromatic carbocycles. The van der Waals surface area contributed by atoms with E-state index in [2.05, 4.69) is 0 Å². The third-order valence-corrected chi connectivity index (χ3v) is 7.85. The van der Waals surface area contributed by atoms with Gasteiger partial charge in [0.2, 0.25) is 5.75 Å². The maximum atomic E-state index is 13.0. The molecular formula is C27H38O8S. The second-order valence-electron chi connectivity index (χ2n) is 8.60. The molecule has 9 heteroatoms. The van der Waals surface area contributed by atoms with Gasteiger partial charge in [0, 0.05) is 0 Å². The predicted octanol–water partition coefficient (Wildman–Crippen LogP) is 5.68. The number of sulfone groups is 1. The van der Waals surface area contributed by atoms with Crippen LogP contribution in [-0.2, 0) is 14.6 Å². The Morgan fingerprint density at radius 1 is 0.750 bits per heavy atom. The topological polar surface area (TPSA) is 89.5 Å². The Morgan fingerprint density at radius 2 is 1.28 bits per heavy atom. The molecule has 8 nitrogen and oxygen atoms in total. The molecule has 1 fully saturated rings. The predicted molar refractivity (Wildman–Crippen MR) is 138 cm³/mol. The van der Waals surface area contributed by atoms with Crippen molar-refractivity contribution >= 4 is 9.84 Å². The normalized spacial score (nSPS) is 17.6. The number of benzene rings is 2. The molecule has 0 saturated carbocycles. The summed E-state index contributed by atoms with van der Waals surface area (Å²) in [5.41, 5.74) is 1.66. The Morgan fingerprint density at radius 3 is 1.78 bits per heavy atom. The van der Waals surface area contributed by atoms with Gasteiger partial charge in [0.05, 0.1) is 52.5 Å². The molecular weight excluding hydrogens is 484 g/mol. The maximum absolute atomic E-state index is 13.0. The van der Waals surface area contributed by atoms with Crippen LogP contribution in [-0.4, -0.2) is 48.7 Å². The van der Waals surface area contributed by atoms with Crippen molar-refractivity contribution in [2.24, 2.45) is 0 Å². The van der Waals surface area contributed by atoms with Crippen LogP contribution in [0.1, 0.15) is 69.8 Å². The lowest BCUT2D eigenvalue weighted by Crippen LogP contribution is -2.12. The molecule has 0 spiro atoms. The highest BCUT2D eigenvalue weighted by Crippen LogP contribution is 2.48. The van der Waals surface area contributed by atoms with Crippen LogP contribution in [0.3, 0.4) is 0 Å². The Hall–Kier alpha value is -2.65. The summed E-state index contributed by atoms with van der Waals surface area (Å²) in [5.74, 6) is 2.33. The molecule has 0 radical (unpaired) electrons. The quantitative estimate of drug-likeness (QED) is 0.332. The summed E-state index contributed by atoms with van der Waals surface area (Å²) in [6.07, 6.45) is 2.49. The van der Waals surface area contributed by atoms with Gasteiger partial charge in [-0.1, -0.05) is 20.8 Å². The third kappa shape index (κ3) is 6.00. The van der Waals surface area contributed by atoms with E-state index in [9.17, 15) is 8.42 Å². The minimum absolute atomic E-state index is 0.0360. The molecule has 1 heterocycles. The maximum Gasteiger partial charge on any atom is 0.203 e. The molecule has 3 rings (SSSR count). The van der Waals surface area contributed by atoms with E-state index in [1.165, 1.54) is 0 Å². The van der Waals surface area contributed by atoms with Crippen molar-refractivity contribution in [3.05, 3.63) is 35.4 Å². The summed E-state index contributed by atoms with van der Waals surface area (Å²) in [6.45, 7) is 6.46. The first-order valence-corrected chi connectivity index (χ1v) is 14.1. The van der Waals surface area contributed by atoms with E-state index in [-0.39, 0.29) is 28.6 Å². The molecule has 0 aliphatic carbocycles. The van der Waals surface area contributed by atoms with E-state index in [1.54, 1.807) is 34.3 Å². The molecule has 0 aromatic heterocycles. The van der Waals surface area contributed by atoms with Crippen LogP contribution in [0.4, 0.5) is 0 Å². The minimum atomic E-state index is -3.56. The van der Waals surface area contributed by atoms with Crippen molar-refractivity contribution in [3.63, 3.8) is 0 Å². The third-order valence-electron chi connectivity index (χ3n) is 6.12. The molecule has 1 saturated heterocycles. The van der Waals surface area contributed by atoms with E-state index >= 15 is 0 Å². The number of hydrogen-bond donors (Lipinski definition) is 0. The van der Waals surface area contributed by atoms with Crippen LogP contribution in [0, 0.1) is 0 Å². The largest absolute Gasteiger partial charge is 0.493 e. The van der Waals surface area contributed by atoms with E-state index in [4.69, 9.17) is 28.4 Å². The van der Waals surface area contributed by atoms with Crippen molar-refractivity contribution in [2.75, 3.05) is 40.3 Å². The van der Waals surface area contributed by atoms with Crippen LogP contribution in [0.2, 0.25) is 0 Å². The van der Waals surface area contributed by atoms with E-state index in [1.807, 2.05) is 32.0 Å². The molecule has 200 valence electrons. The molecule has 2 aromatic rings. The highest BCUT2D eigenvalue weighted by Gasteiger charge is 2.32. The van der Waals surface area contributed by atoms with E-state index in [0.717, 1.165) is 36.8 Å². The lowest BCUT2D eigenvalue weighted by Gasteiger charge is -2.21. The highest BCUT2D eigenvalue weighted by molar-refractivity contribution is 7.91. The standard InChI is InChI=1S/C27H38O8S/c1-7-12-33-24-16-19(17-25(36(28,29)9-3)27(24)34-13-8-2)21-11-10-20(35-21)18-14-22(30-4)26(32-6)23(15-18)31-5/h14-17,20-21H,7-13H2,1-6H3. The molecule has 1 aliphatic rings. The van der Waals surface area contributed by atoms with Crippen LogP contribution in [0.15, 0.2) is 29.2 Å². The monoisotopic (exact) mass is 522 g/mol. The van der Waals surface area contributed by atoms with Crippen LogP contribution < -0.4 is 23.7 Å².